The van der Waals surface area contributed by atoms with Crippen molar-refractivity contribution >= 4 is 28.3 Å². The quantitative estimate of drug-likeness (QED) is 0.928. The molecule has 0 fully saturated rings. The van der Waals surface area contributed by atoms with Crippen LogP contribution in [0.25, 0.3) is 0 Å². The van der Waals surface area contributed by atoms with Gasteiger partial charge in [0.1, 0.15) is 5.75 Å². The van der Waals surface area contributed by atoms with E-state index in [2.05, 4.69) is 20.7 Å². The van der Waals surface area contributed by atoms with Crippen LogP contribution in [-0.2, 0) is 6.54 Å². The number of hydrogen-bond acceptors (Lipinski definition) is 2. The third kappa shape index (κ3) is 3.40. The highest BCUT2D eigenvalue weighted by molar-refractivity contribution is 9.10. The van der Waals surface area contributed by atoms with Crippen molar-refractivity contribution < 1.29 is 13.5 Å². The van der Waals surface area contributed by atoms with Gasteiger partial charge in [0.05, 0.1) is 4.47 Å². The normalized spacial score (nSPS) is 9.79. The number of rotatable bonds is 3. The molecule has 0 unspecified atom stereocenters. The van der Waals surface area contributed by atoms with Crippen molar-refractivity contribution in [1.82, 2.24) is 0 Å². The molecule has 0 saturated carbocycles. The highest BCUT2D eigenvalue weighted by Crippen LogP contribution is 2.29. The Morgan fingerprint density at radius 3 is 2.57 bits per heavy atom. The molecule has 14 heavy (non-hydrogen) atoms. The van der Waals surface area contributed by atoms with E-state index in [1.165, 1.54) is 0 Å². The maximum Gasteiger partial charge on any atom is 0.387 e. The lowest BCUT2D eigenvalue weighted by molar-refractivity contribution is -0.0509. The van der Waals surface area contributed by atoms with Gasteiger partial charge in [-0.1, -0.05) is 12.1 Å². The first-order valence-corrected chi connectivity index (χ1v) is 4.36. The molecule has 0 heterocycles. The van der Waals surface area contributed by atoms with Crippen LogP contribution in [0.15, 0.2) is 22.7 Å². The lowest BCUT2D eigenvalue weighted by Gasteiger charge is -2.10. The third-order valence-electron chi connectivity index (χ3n) is 1.48. The summed E-state index contributed by atoms with van der Waals surface area (Å²) in [4.78, 5) is 0. The highest BCUT2D eigenvalue weighted by atomic mass is 79.9. The van der Waals surface area contributed by atoms with Gasteiger partial charge in [-0.15, -0.1) is 12.4 Å². The molecule has 2 N–H and O–H groups in total. The molecule has 0 aromatic heterocycles. The van der Waals surface area contributed by atoms with Gasteiger partial charge in [-0.25, -0.2) is 0 Å². The minimum atomic E-state index is -2.83. The fraction of sp³-hybridized carbons (Fsp3) is 0.250. The fourth-order valence-corrected chi connectivity index (χ4v) is 1.44. The smallest absolute Gasteiger partial charge is 0.387 e. The lowest BCUT2D eigenvalue weighted by atomic mass is 10.2. The predicted octanol–water partition coefficient (Wildman–Crippen LogP) is 2.93. The van der Waals surface area contributed by atoms with Crippen molar-refractivity contribution in [2.75, 3.05) is 0 Å². The van der Waals surface area contributed by atoms with Gasteiger partial charge in [0.2, 0.25) is 0 Å². The SMILES string of the molecule is Cl.NCc1cccc(Br)c1OC(F)F. The van der Waals surface area contributed by atoms with Crippen LogP contribution in [0.4, 0.5) is 8.78 Å². The zero-order chi connectivity index (χ0) is 9.84. The zero-order valence-electron chi connectivity index (χ0n) is 7.04. The Bertz CT molecular complexity index is 299. The van der Waals surface area contributed by atoms with Gasteiger partial charge in [-0.3, -0.25) is 0 Å². The van der Waals surface area contributed by atoms with Crippen molar-refractivity contribution in [1.29, 1.82) is 0 Å². The summed E-state index contributed by atoms with van der Waals surface area (Å²) in [6.45, 7) is -2.66. The van der Waals surface area contributed by atoms with Gasteiger partial charge in [0, 0.05) is 12.1 Å². The summed E-state index contributed by atoms with van der Waals surface area (Å²) in [6, 6.07) is 4.98. The van der Waals surface area contributed by atoms with Crippen LogP contribution in [-0.4, -0.2) is 6.61 Å². The van der Waals surface area contributed by atoms with Crippen molar-refractivity contribution in [2.45, 2.75) is 13.2 Å². The molecular formula is C8H9BrClF2NO. The van der Waals surface area contributed by atoms with Crippen molar-refractivity contribution in [3.8, 4) is 5.75 Å². The summed E-state index contributed by atoms with van der Waals surface area (Å²) in [5.41, 5.74) is 5.90. The van der Waals surface area contributed by atoms with Crippen LogP contribution in [0.5, 0.6) is 5.75 Å². The van der Waals surface area contributed by atoms with E-state index in [1.807, 2.05) is 0 Å². The molecule has 0 spiro atoms. The maximum atomic E-state index is 11.9. The molecule has 1 aromatic rings. The Hall–Kier alpha value is -0.390. The van der Waals surface area contributed by atoms with Crippen LogP contribution in [0.1, 0.15) is 5.56 Å². The van der Waals surface area contributed by atoms with Gasteiger partial charge in [0.25, 0.3) is 0 Å². The zero-order valence-corrected chi connectivity index (χ0v) is 9.45. The third-order valence-corrected chi connectivity index (χ3v) is 2.10. The first-order valence-electron chi connectivity index (χ1n) is 3.57. The summed E-state index contributed by atoms with van der Waals surface area (Å²) in [7, 11) is 0. The Morgan fingerprint density at radius 1 is 1.43 bits per heavy atom. The van der Waals surface area contributed by atoms with Crippen LogP contribution in [0.2, 0.25) is 0 Å². The largest absolute Gasteiger partial charge is 0.433 e. The van der Waals surface area contributed by atoms with E-state index in [-0.39, 0.29) is 24.7 Å². The van der Waals surface area contributed by atoms with E-state index < -0.39 is 6.61 Å². The summed E-state index contributed by atoms with van der Waals surface area (Å²) < 4.78 is 28.7. The van der Waals surface area contributed by atoms with Gasteiger partial charge in [-0.2, -0.15) is 8.78 Å². The van der Waals surface area contributed by atoms with Gasteiger partial charge >= 0.3 is 6.61 Å². The first kappa shape index (κ1) is 13.6. The number of ether oxygens (including phenoxy) is 1. The molecule has 0 aliphatic rings. The number of para-hydroxylation sites is 1. The molecule has 0 aliphatic heterocycles. The van der Waals surface area contributed by atoms with E-state index in [9.17, 15) is 8.78 Å². The molecule has 0 amide bonds. The summed E-state index contributed by atoms with van der Waals surface area (Å²) in [5, 5.41) is 0. The second kappa shape index (κ2) is 6.16. The molecule has 0 atom stereocenters. The van der Waals surface area contributed by atoms with E-state index >= 15 is 0 Å². The summed E-state index contributed by atoms with van der Waals surface area (Å²) >= 11 is 3.10. The predicted molar refractivity (Wildman–Crippen MR) is 55.9 cm³/mol. The molecule has 1 rings (SSSR count). The Labute approximate surface area is 95.0 Å². The molecular weight excluding hydrogens is 279 g/mol. The Balaban J connectivity index is 0.00000169. The van der Waals surface area contributed by atoms with Crippen molar-refractivity contribution in [2.24, 2.45) is 5.73 Å². The molecule has 0 saturated heterocycles. The Morgan fingerprint density at radius 2 is 2.07 bits per heavy atom. The highest BCUT2D eigenvalue weighted by Gasteiger charge is 2.11. The van der Waals surface area contributed by atoms with Crippen molar-refractivity contribution in [3.05, 3.63) is 28.2 Å². The minimum Gasteiger partial charge on any atom is -0.433 e. The fourth-order valence-electron chi connectivity index (χ4n) is 0.935. The average Bonchev–Trinajstić information content (AvgIpc) is 2.08. The number of alkyl halides is 2. The van der Waals surface area contributed by atoms with E-state index in [1.54, 1.807) is 18.2 Å². The first-order chi connectivity index (χ1) is 6.15. The van der Waals surface area contributed by atoms with Crippen LogP contribution in [0.3, 0.4) is 0 Å². The van der Waals surface area contributed by atoms with E-state index in [0.29, 0.717) is 10.0 Å². The second-order valence-electron chi connectivity index (χ2n) is 2.31. The number of benzene rings is 1. The van der Waals surface area contributed by atoms with Crippen LogP contribution < -0.4 is 10.5 Å². The topological polar surface area (TPSA) is 35.2 Å². The van der Waals surface area contributed by atoms with Crippen molar-refractivity contribution in [3.63, 3.8) is 0 Å². The minimum absolute atomic E-state index is 0. The lowest BCUT2D eigenvalue weighted by Crippen LogP contribution is -2.07. The number of nitrogens with two attached hydrogens (primary N) is 1. The second-order valence-corrected chi connectivity index (χ2v) is 3.17. The number of hydrogen-bond donors (Lipinski definition) is 1. The monoisotopic (exact) mass is 287 g/mol. The van der Waals surface area contributed by atoms with Crippen LogP contribution in [0, 0.1) is 0 Å². The molecule has 2 nitrogen and oxygen atoms in total. The van der Waals surface area contributed by atoms with E-state index in [0.717, 1.165) is 0 Å². The van der Waals surface area contributed by atoms with E-state index in [4.69, 9.17) is 5.73 Å². The van der Waals surface area contributed by atoms with Crippen LogP contribution >= 0.6 is 28.3 Å². The molecule has 80 valence electrons. The molecule has 6 heteroatoms. The van der Waals surface area contributed by atoms with Gasteiger partial charge < -0.3 is 10.5 Å². The van der Waals surface area contributed by atoms with Gasteiger partial charge in [-0.05, 0) is 22.0 Å². The maximum absolute atomic E-state index is 11.9. The summed E-state index contributed by atoms with van der Waals surface area (Å²) in [5.74, 6) is 0.111. The number of halogens is 4. The molecule has 0 bridgehead atoms. The standard InChI is InChI=1S/C8H8BrF2NO.ClH/c9-6-3-1-2-5(4-12)7(6)13-8(10)11;/h1-3,8H,4,12H2;1H. The molecule has 0 aliphatic carbocycles. The molecule has 1 aromatic carbocycles. The summed E-state index contributed by atoms with van der Waals surface area (Å²) in [6.07, 6.45) is 0. The molecule has 0 radical (unpaired) electrons. The van der Waals surface area contributed by atoms with Gasteiger partial charge in [0.15, 0.2) is 0 Å². The average molecular weight is 289 g/mol. The Kier molecular flexibility index (Phi) is 5.99.